The fraction of sp³-hybridized carbons (Fsp3) is 0.143. The highest BCUT2D eigenvalue weighted by molar-refractivity contribution is 7.87. The van der Waals surface area contributed by atoms with Gasteiger partial charge in [-0.25, -0.2) is 4.39 Å². The average molecular weight is 278 g/mol. The van der Waals surface area contributed by atoms with Crippen LogP contribution in [-0.2, 0) is 10.1 Å². The molecule has 0 spiro atoms. The molecule has 1 rings (SSSR count). The van der Waals surface area contributed by atoms with Crippen LogP contribution < -0.4 is 4.18 Å². The van der Waals surface area contributed by atoms with Crippen molar-refractivity contribution in [3.8, 4) is 5.75 Å². The van der Waals surface area contributed by atoms with E-state index in [2.05, 4.69) is 4.18 Å². The number of benzene rings is 1. The monoisotopic (exact) mass is 278 g/mol. The van der Waals surface area contributed by atoms with Gasteiger partial charge in [0.1, 0.15) is 11.6 Å². The van der Waals surface area contributed by atoms with E-state index in [4.69, 9.17) is 0 Å². The largest absolute Gasteiger partial charge is 0.534 e. The van der Waals surface area contributed by atoms with Gasteiger partial charge in [-0.05, 0) is 24.3 Å². The lowest BCUT2D eigenvalue weighted by Gasteiger charge is -2.08. The molecular weight excluding hydrogens is 272 g/mol. The summed E-state index contributed by atoms with van der Waals surface area (Å²) in [5.41, 5.74) is -5.50. The second-order valence-corrected chi connectivity index (χ2v) is 3.97. The van der Waals surface area contributed by atoms with Crippen molar-refractivity contribution in [1.82, 2.24) is 0 Å². The maximum absolute atomic E-state index is 12.3. The first-order chi connectivity index (χ1) is 6.72. The molecule has 0 radical (unpaired) electrons. The van der Waals surface area contributed by atoms with Crippen LogP contribution in [0.5, 0.6) is 5.75 Å². The molecule has 0 aliphatic rings. The SMILES string of the molecule is O=S(=O)(Oc1ccc(F)cc1)C(F)(F)F.S. The molecule has 0 aliphatic heterocycles. The van der Waals surface area contributed by atoms with Crippen LogP contribution in [0, 0.1) is 5.82 Å². The van der Waals surface area contributed by atoms with E-state index >= 15 is 0 Å². The molecule has 0 aliphatic carbocycles. The lowest BCUT2D eigenvalue weighted by atomic mass is 10.3. The van der Waals surface area contributed by atoms with Crippen molar-refractivity contribution in [2.45, 2.75) is 5.51 Å². The molecule has 0 heterocycles. The number of rotatable bonds is 2. The van der Waals surface area contributed by atoms with E-state index in [0.29, 0.717) is 0 Å². The van der Waals surface area contributed by atoms with Gasteiger partial charge in [0, 0.05) is 0 Å². The molecular formula is C7H6F4O3S2. The minimum Gasteiger partial charge on any atom is -0.376 e. The van der Waals surface area contributed by atoms with Gasteiger partial charge in [-0.3, -0.25) is 0 Å². The summed E-state index contributed by atoms with van der Waals surface area (Å²) in [5, 5.41) is 0. The van der Waals surface area contributed by atoms with E-state index in [9.17, 15) is 26.0 Å². The van der Waals surface area contributed by atoms with Crippen LogP contribution in [0.1, 0.15) is 0 Å². The van der Waals surface area contributed by atoms with Crippen molar-refractivity contribution >= 4 is 23.6 Å². The minimum atomic E-state index is -5.69. The predicted molar refractivity (Wildman–Crippen MR) is 52.4 cm³/mol. The van der Waals surface area contributed by atoms with Crippen LogP contribution in [0.3, 0.4) is 0 Å². The van der Waals surface area contributed by atoms with E-state index in [0.717, 1.165) is 24.3 Å². The normalized spacial score (nSPS) is 11.8. The highest BCUT2D eigenvalue weighted by atomic mass is 32.2. The smallest absolute Gasteiger partial charge is 0.376 e. The highest BCUT2D eigenvalue weighted by Gasteiger charge is 2.48. The second-order valence-electron chi connectivity index (χ2n) is 2.44. The van der Waals surface area contributed by atoms with E-state index in [-0.39, 0.29) is 13.5 Å². The van der Waals surface area contributed by atoms with E-state index in [1.165, 1.54) is 0 Å². The van der Waals surface area contributed by atoms with Gasteiger partial charge in [-0.15, -0.1) is 0 Å². The van der Waals surface area contributed by atoms with Gasteiger partial charge in [0.05, 0.1) is 0 Å². The fourth-order valence-electron chi connectivity index (χ4n) is 0.664. The first-order valence-corrected chi connectivity index (χ1v) is 4.89. The topological polar surface area (TPSA) is 43.4 Å². The third-order valence-electron chi connectivity index (χ3n) is 1.30. The van der Waals surface area contributed by atoms with Crippen LogP contribution in [-0.4, -0.2) is 13.9 Å². The van der Waals surface area contributed by atoms with Gasteiger partial charge in [0.2, 0.25) is 0 Å². The lowest BCUT2D eigenvalue weighted by Crippen LogP contribution is -2.28. The molecule has 9 heteroatoms. The third kappa shape index (κ3) is 3.56. The second kappa shape index (κ2) is 4.91. The van der Waals surface area contributed by atoms with Crippen LogP contribution in [0.2, 0.25) is 0 Å². The molecule has 0 saturated heterocycles. The van der Waals surface area contributed by atoms with Crippen LogP contribution >= 0.6 is 13.5 Å². The third-order valence-corrected chi connectivity index (χ3v) is 2.28. The van der Waals surface area contributed by atoms with Gasteiger partial charge in [0.15, 0.2) is 0 Å². The first-order valence-electron chi connectivity index (χ1n) is 3.49. The summed E-state index contributed by atoms with van der Waals surface area (Å²) in [6.45, 7) is 0. The molecule has 0 amide bonds. The molecule has 0 saturated carbocycles. The summed E-state index contributed by atoms with van der Waals surface area (Å²) >= 11 is 0. The van der Waals surface area contributed by atoms with Gasteiger partial charge >= 0.3 is 15.6 Å². The summed E-state index contributed by atoms with van der Waals surface area (Å²) in [5.74, 6) is -1.32. The van der Waals surface area contributed by atoms with Crippen molar-refractivity contribution in [1.29, 1.82) is 0 Å². The molecule has 1 aromatic carbocycles. The Kier molecular flexibility index (Phi) is 4.62. The average Bonchev–Trinajstić information content (AvgIpc) is 2.06. The molecule has 0 unspecified atom stereocenters. The van der Waals surface area contributed by atoms with Gasteiger partial charge in [0.25, 0.3) is 0 Å². The Morgan fingerprint density at radius 2 is 1.50 bits per heavy atom. The Hall–Kier alpha value is -0.960. The summed E-state index contributed by atoms with van der Waals surface area (Å²) in [6, 6.07) is 3.11. The summed E-state index contributed by atoms with van der Waals surface area (Å²) in [4.78, 5) is 0. The summed E-state index contributed by atoms with van der Waals surface area (Å²) < 4.78 is 72.4. The van der Waals surface area contributed by atoms with E-state index in [1.54, 1.807) is 0 Å². The van der Waals surface area contributed by atoms with Crippen molar-refractivity contribution in [3.63, 3.8) is 0 Å². The van der Waals surface area contributed by atoms with Crippen molar-refractivity contribution < 1.29 is 30.2 Å². The van der Waals surface area contributed by atoms with Gasteiger partial charge < -0.3 is 4.18 Å². The highest BCUT2D eigenvalue weighted by Crippen LogP contribution is 2.26. The van der Waals surface area contributed by atoms with Crippen molar-refractivity contribution in [2.24, 2.45) is 0 Å². The summed E-state index contributed by atoms with van der Waals surface area (Å²) in [6.07, 6.45) is 0. The zero-order chi connectivity index (χ0) is 11.7. The Morgan fingerprint density at radius 3 is 1.88 bits per heavy atom. The maximum atomic E-state index is 12.3. The first kappa shape index (κ1) is 15.0. The maximum Gasteiger partial charge on any atom is 0.534 e. The number of hydrogen-bond acceptors (Lipinski definition) is 3. The molecule has 3 nitrogen and oxygen atoms in total. The Balaban J connectivity index is 0.00000225. The number of hydrogen-bond donors (Lipinski definition) is 0. The minimum absolute atomic E-state index is 0. The zero-order valence-corrected chi connectivity index (χ0v) is 9.27. The van der Waals surface area contributed by atoms with E-state index in [1.807, 2.05) is 0 Å². The Labute approximate surface area is 95.6 Å². The molecule has 0 fully saturated rings. The standard InChI is InChI=1S/C7H4F4O3S.H2S/c8-5-1-3-6(4-2-5)14-15(12,13)7(9,10)11;/h1-4H;1H2. The van der Waals surface area contributed by atoms with E-state index < -0.39 is 27.2 Å². The molecule has 92 valence electrons. The van der Waals surface area contributed by atoms with Crippen LogP contribution in [0.25, 0.3) is 0 Å². The number of alkyl halides is 3. The summed E-state index contributed by atoms with van der Waals surface area (Å²) in [7, 11) is -5.69. The fourth-order valence-corrected chi connectivity index (χ4v) is 1.12. The van der Waals surface area contributed by atoms with Crippen LogP contribution in [0.4, 0.5) is 17.6 Å². The Morgan fingerprint density at radius 1 is 1.06 bits per heavy atom. The molecule has 0 aromatic heterocycles. The predicted octanol–water partition coefficient (Wildman–Crippen LogP) is 2.17. The molecule has 0 bridgehead atoms. The molecule has 0 N–H and O–H groups in total. The Bertz CT molecular complexity index is 438. The zero-order valence-electron chi connectivity index (χ0n) is 7.45. The van der Waals surface area contributed by atoms with Gasteiger partial charge in [-0.1, -0.05) is 0 Å². The van der Waals surface area contributed by atoms with Crippen molar-refractivity contribution in [3.05, 3.63) is 30.1 Å². The number of halogens is 4. The quantitative estimate of drug-likeness (QED) is 0.473. The molecule has 1 aromatic rings. The molecule has 16 heavy (non-hydrogen) atoms. The van der Waals surface area contributed by atoms with Crippen molar-refractivity contribution in [2.75, 3.05) is 0 Å². The lowest BCUT2D eigenvalue weighted by molar-refractivity contribution is -0.0500. The van der Waals surface area contributed by atoms with Crippen LogP contribution in [0.15, 0.2) is 24.3 Å². The molecule has 0 atom stereocenters. The van der Waals surface area contributed by atoms with Gasteiger partial charge in [-0.2, -0.15) is 35.1 Å².